The van der Waals surface area contributed by atoms with Gasteiger partial charge in [0.1, 0.15) is 5.75 Å². The van der Waals surface area contributed by atoms with Crippen LogP contribution >= 0.6 is 0 Å². The molecule has 3 aromatic rings. The van der Waals surface area contributed by atoms with Gasteiger partial charge in [0.15, 0.2) is 5.69 Å². The van der Waals surface area contributed by atoms with E-state index in [1.165, 1.54) is 33.9 Å². The van der Waals surface area contributed by atoms with Gasteiger partial charge in [-0.2, -0.15) is 0 Å². The number of carbonyl (C=O) groups is 1. The molecule has 0 unspecified atom stereocenters. The Morgan fingerprint density at radius 1 is 0.879 bits per heavy atom. The molecule has 1 aliphatic rings. The minimum Gasteiger partial charge on any atom is -0.494 e. The molecule has 0 bridgehead atoms. The molecule has 3 aromatic carbocycles. The number of nitrogens with zero attached hydrogens (tertiary/aromatic N) is 1. The van der Waals surface area contributed by atoms with E-state index < -0.39 is 0 Å². The maximum atomic E-state index is 11.0. The fourth-order valence-electron chi connectivity index (χ4n) is 4.17. The van der Waals surface area contributed by atoms with Crippen LogP contribution in [0.2, 0.25) is 0 Å². The molecule has 0 aliphatic heterocycles. The van der Waals surface area contributed by atoms with Gasteiger partial charge < -0.3 is 9.47 Å². The van der Waals surface area contributed by atoms with Crippen LogP contribution in [0.3, 0.4) is 0 Å². The zero-order valence-electron chi connectivity index (χ0n) is 18.7. The standard InChI is InChI=1S/C29H27NO3/c1-3-29(31)33-17-7-5-4-6-16-32-26-12-8-21(9-13-26)22-10-14-27-23(18-22)19-24-20-25(30-2)11-15-28(24)27/h3,8-15,18,20H,1,4-7,16-17,19H2. The van der Waals surface area contributed by atoms with Gasteiger partial charge in [0.25, 0.3) is 0 Å². The number of hydrogen-bond donors (Lipinski definition) is 0. The van der Waals surface area contributed by atoms with Gasteiger partial charge in [-0.3, -0.25) is 0 Å². The third kappa shape index (κ3) is 5.51. The Balaban J connectivity index is 1.26. The number of fused-ring (bicyclic) bond motifs is 3. The summed E-state index contributed by atoms with van der Waals surface area (Å²) in [5.41, 5.74) is 8.11. The molecule has 0 saturated heterocycles. The van der Waals surface area contributed by atoms with Gasteiger partial charge in [0, 0.05) is 6.08 Å². The van der Waals surface area contributed by atoms with Crippen LogP contribution in [0.4, 0.5) is 5.69 Å². The smallest absolute Gasteiger partial charge is 0.330 e. The summed E-state index contributed by atoms with van der Waals surface area (Å²) in [4.78, 5) is 14.5. The van der Waals surface area contributed by atoms with Crippen LogP contribution in [-0.2, 0) is 16.0 Å². The van der Waals surface area contributed by atoms with E-state index in [4.69, 9.17) is 16.0 Å². The van der Waals surface area contributed by atoms with E-state index in [1.54, 1.807) is 0 Å². The predicted octanol–water partition coefficient (Wildman–Crippen LogP) is 7.14. The van der Waals surface area contributed by atoms with E-state index in [0.717, 1.165) is 43.4 Å². The molecule has 166 valence electrons. The van der Waals surface area contributed by atoms with Crippen LogP contribution in [0.15, 0.2) is 73.3 Å². The van der Waals surface area contributed by atoms with Gasteiger partial charge in [-0.25, -0.2) is 9.64 Å². The highest BCUT2D eigenvalue weighted by atomic mass is 16.5. The molecular weight excluding hydrogens is 410 g/mol. The molecule has 0 atom stereocenters. The van der Waals surface area contributed by atoms with Gasteiger partial charge in [0.05, 0.1) is 19.8 Å². The van der Waals surface area contributed by atoms with Crippen molar-refractivity contribution in [3.63, 3.8) is 0 Å². The summed E-state index contributed by atoms with van der Waals surface area (Å²) in [6.07, 6.45) is 5.95. The Kier molecular flexibility index (Phi) is 7.22. The van der Waals surface area contributed by atoms with Crippen LogP contribution in [0, 0.1) is 6.57 Å². The topological polar surface area (TPSA) is 39.9 Å². The van der Waals surface area contributed by atoms with Crippen molar-refractivity contribution in [2.45, 2.75) is 32.1 Å². The van der Waals surface area contributed by atoms with E-state index >= 15 is 0 Å². The second-order valence-corrected chi connectivity index (χ2v) is 8.16. The van der Waals surface area contributed by atoms with E-state index in [0.29, 0.717) is 18.9 Å². The molecular formula is C29H27NO3. The number of ether oxygens (including phenoxy) is 2. The summed E-state index contributed by atoms with van der Waals surface area (Å²) in [6.45, 7) is 11.7. The second kappa shape index (κ2) is 10.7. The van der Waals surface area contributed by atoms with Gasteiger partial charge in [-0.15, -0.1) is 0 Å². The number of hydrogen-bond acceptors (Lipinski definition) is 3. The lowest BCUT2D eigenvalue weighted by Gasteiger charge is -2.09. The molecule has 0 amide bonds. The Morgan fingerprint density at radius 3 is 2.27 bits per heavy atom. The molecule has 4 heteroatoms. The van der Waals surface area contributed by atoms with Gasteiger partial charge in [-0.1, -0.05) is 55.1 Å². The maximum absolute atomic E-state index is 11.0. The lowest BCUT2D eigenvalue weighted by molar-refractivity contribution is -0.137. The minimum atomic E-state index is -0.359. The fraction of sp³-hybridized carbons (Fsp3) is 0.241. The first-order valence-electron chi connectivity index (χ1n) is 11.3. The van der Waals surface area contributed by atoms with Gasteiger partial charge >= 0.3 is 5.97 Å². The number of rotatable bonds is 10. The summed E-state index contributed by atoms with van der Waals surface area (Å²) in [6, 6.07) is 20.8. The maximum Gasteiger partial charge on any atom is 0.330 e. The number of esters is 1. The van der Waals surface area contributed by atoms with Gasteiger partial charge in [-0.05, 0) is 77.6 Å². The third-order valence-electron chi connectivity index (χ3n) is 5.90. The Bertz CT molecular complexity index is 1190. The quantitative estimate of drug-likeness (QED) is 0.115. The lowest BCUT2D eigenvalue weighted by atomic mass is 9.99. The molecule has 1 aliphatic carbocycles. The summed E-state index contributed by atoms with van der Waals surface area (Å²) in [5, 5.41) is 0. The van der Waals surface area contributed by atoms with Crippen molar-refractivity contribution in [1.82, 2.24) is 0 Å². The molecule has 4 nitrogen and oxygen atoms in total. The van der Waals surface area contributed by atoms with E-state index in [1.807, 2.05) is 24.3 Å². The molecule has 0 N–H and O–H groups in total. The van der Waals surface area contributed by atoms with E-state index in [2.05, 4.69) is 47.8 Å². The van der Waals surface area contributed by atoms with Gasteiger partial charge in [0.2, 0.25) is 0 Å². The minimum absolute atomic E-state index is 0.359. The molecule has 0 heterocycles. The van der Waals surface area contributed by atoms with Crippen molar-refractivity contribution >= 4 is 11.7 Å². The van der Waals surface area contributed by atoms with Crippen LogP contribution in [0.5, 0.6) is 5.75 Å². The summed E-state index contributed by atoms with van der Waals surface area (Å²) in [5.74, 6) is 0.515. The van der Waals surface area contributed by atoms with Crippen molar-refractivity contribution in [2.75, 3.05) is 13.2 Å². The average molecular weight is 438 g/mol. The lowest BCUT2D eigenvalue weighted by Crippen LogP contribution is -2.02. The Morgan fingerprint density at radius 2 is 1.55 bits per heavy atom. The zero-order chi connectivity index (χ0) is 23.0. The van der Waals surface area contributed by atoms with E-state index in [-0.39, 0.29) is 5.97 Å². The summed E-state index contributed by atoms with van der Waals surface area (Å²) < 4.78 is 10.8. The van der Waals surface area contributed by atoms with Crippen molar-refractivity contribution in [2.24, 2.45) is 0 Å². The molecule has 0 radical (unpaired) electrons. The monoisotopic (exact) mass is 437 g/mol. The van der Waals surface area contributed by atoms with Crippen molar-refractivity contribution in [3.8, 4) is 28.0 Å². The van der Waals surface area contributed by atoms with Crippen LogP contribution in [-0.4, -0.2) is 19.2 Å². The molecule has 4 rings (SSSR count). The Labute approximate surface area is 195 Å². The number of benzene rings is 3. The highest BCUT2D eigenvalue weighted by Crippen LogP contribution is 2.40. The summed E-state index contributed by atoms with van der Waals surface area (Å²) >= 11 is 0. The Hall–Kier alpha value is -3.84. The number of carbonyl (C=O) groups excluding carboxylic acids is 1. The molecule has 0 saturated carbocycles. The predicted molar refractivity (Wildman–Crippen MR) is 132 cm³/mol. The largest absolute Gasteiger partial charge is 0.494 e. The van der Waals surface area contributed by atoms with Crippen LogP contribution in [0.1, 0.15) is 36.8 Å². The number of unbranched alkanes of at least 4 members (excludes halogenated alkanes) is 3. The zero-order valence-corrected chi connectivity index (χ0v) is 18.7. The van der Waals surface area contributed by atoms with Crippen molar-refractivity contribution in [1.29, 1.82) is 0 Å². The fourth-order valence-corrected chi connectivity index (χ4v) is 4.17. The summed E-state index contributed by atoms with van der Waals surface area (Å²) in [7, 11) is 0. The first-order valence-corrected chi connectivity index (χ1v) is 11.3. The molecule has 0 spiro atoms. The third-order valence-corrected chi connectivity index (χ3v) is 5.90. The van der Waals surface area contributed by atoms with Crippen LogP contribution in [0.25, 0.3) is 27.1 Å². The molecule has 0 fully saturated rings. The first-order chi connectivity index (χ1) is 16.2. The van der Waals surface area contributed by atoms with Crippen molar-refractivity contribution < 1.29 is 14.3 Å². The molecule has 0 aromatic heterocycles. The highest BCUT2D eigenvalue weighted by molar-refractivity contribution is 5.82. The highest BCUT2D eigenvalue weighted by Gasteiger charge is 2.19. The normalized spacial score (nSPS) is 11.2. The molecule has 33 heavy (non-hydrogen) atoms. The van der Waals surface area contributed by atoms with Crippen LogP contribution < -0.4 is 4.74 Å². The van der Waals surface area contributed by atoms with Crippen molar-refractivity contribution in [3.05, 3.63) is 95.9 Å². The second-order valence-electron chi connectivity index (χ2n) is 8.16. The SMILES string of the molecule is [C-]#[N+]c1ccc2c(c1)Cc1cc(-c3ccc(OCCCCCCOC(=O)C=C)cc3)ccc1-2. The van der Waals surface area contributed by atoms with E-state index in [9.17, 15) is 4.79 Å². The average Bonchev–Trinajstić information content (AvgIpc) is 3.22. The first kappa shape index (κ1) is 22.4.